The van der Waals surface area contributed by atoms with Crippen LogP contribution >= 0.6 is 0 Å². The Hall–Kier alpha value is -2.64. The summed E-state index contributed by atoms with van der Waals surface area (Å²) in [4.78, 5) is 36.7. The summed E-state index contributed by atoms with van der Waals surface area (Å²) in [5, 5.41) is 13.6. The number of carbonyl (C=O) groups is 2. The van der Waals surface area contributed by atoms with Gasteiger partial charge in [-0.1, -0.05) is 6.07 Å². The molecule has 2 amide bonds. The highest BCUT2D eigenvalue weighted by atomic mass is 16.6. The molecule has 0 bridgehead atoms. The Bertz CT molecular complexity index is 696. The summed E-state index contributed by atoms with van der Waals surface area (Å²) in [5.41, 5.74) is 0.337. The van der Waals surface area contributed by atoms with Crippen molar-refractivity contribution in [1.29, 1.82) is 0 Å². The maximum Gasteiger partial charge on any atom is 0.410 e. The first kappa shape index (κ1) is 18.7. The number of anilines is 1. The average molecular weight is 349 g/mol. The van der Waals surface area contributed by atoms with Crippen molar-refractivity contribution in [2.75, 3.05) is 11.9 Å². The number of amides is 2. The van der Waals surface area contributed by atoms with Crippen molar-refractivity contribution < 1.29 is 19.2 Å². The second-order valence-electron chi connectivity index (χ2n) is 7.08. The van der Waals surface area contributed by atoms with Crippen molar-refractivity contribution in [2.45, 2.75) is 52.2 Å². The first-order valence-corrected chi connectivity index (χ1v) is 8.14. The van der Waals surface area contributed by atoms with Crippen LogP contribution in [0.1, 0.15) is 39.2 Å². The summed E-state index contributed by atoms with van der Waals surface area (Å²) < 4.78 is 5.34. The summed E-state index contributed by atoms with van der Waals surface area (Å²) in [5.74, 6) is -0.369. The Morgan fingerprint density at radius 3 is 2.64 bits per heavy atom. The minimum atomic E-state index is -0.645. The van der Waals surface area contributed by atoms with Crippen LogP contribution in [0.25, 0.3) is 0 Å². The topological polar surface area (TPSA) is 102 Å². The molecule has 0 unspecified atom stereocenters. The molecule has 1 fully saturated rings. The average Bonchev–Trinajstić information content (AvgIpc) is 2.97. The molecule has 1 aromatic carbocycles. The highest BCUT2D eigenvalue weighted by molar-refractivity contribution is 5.97. The first-order valence-electron chi connectivity index (χ1n) is 8.14. The molecule has 1 aromatic rings. The molecule has 1 heterocycles. The van der Waals surface area contributed by atoms with E-state index in [1.54, 1.807) is 33.8 Å². The molecular formula is C17H23N3O5. The largest absolute Gasteiger partial charge is 0.444 e. The number of hydrogen-bond acceptors (Lipinski definition) is 5. The van der Waals surface area contributed by atoms with Crippen LogP contribution < -0.4 is 5.32 Å². The van der Waals surface area contributed by atoms with Gasteiger partial charge in [-0.15, -0.1) is 0 Å². The molecule has 1 atom stereocenters. The number of aryl methyl sites for hydroxylation is 1. The van der Waals surface area contributed by atoms with E-state index in [-0.39, 0.29) is 11.6 Å². The third kappa shape index (κ3) is 4.68. The van der Waals surface area contributed by atoms with E-state index in [9.17, 15) is 19.7 Å². The summed E-state index contributed by atoms with van der Waals surface area (Å²) in [6, 6.07) is 3.63. The van der Waals surface area contributed by atoms with Crippen molar-refractivity contribution in [3.63, 3.8) is 0 Å². The van der Waals surface area contributed by atoms with Gasteiger partial charge in [0.05, 0.1) is 10.6 Å². The molecule has 0 radical (unpaired) electrons. The Morgan fingerprint density at radius 2 is 2.04 bits per heavy atom. The van der Waals surface area contributed by atoms with Crippen LogP contribution in [-0.4, -0.2) is 40.0 Å². The van der Waals surface area contributed by atoms with E-state index in [1.165, 1.54) is 17.0 Å². The first-order chi connectivity index (χ1) is 11.6. The molecule has 0 saturated carbocycles. The molecule has 1 saturated heterocycles. The Morgan fingerprint density at radius 1 is 1.36 bits per heavy atom. The molecule has 0 spiro atoms. The molecule has 2 rings (SSSR count). The van der Waals surface area contributed by atoms with E-state index in [4.69, 9.17) is 4.74 Å². The number of non-ortho nitro benzene ring substituents is 1. The van der Waals surface area contributed by atoms with Gasteiger partial charge in [0.1, 0.15) is 11.6 Å². The molecule has 1 N–H and O–H groups in total. The van der Waals surface area contributed by atoms with Gasteiger partial charge < -0.3 is 10.1 Å². The molecule has 0 aromatic heterocycles. The number of benzene rings is 1. The lowest BCUT2D eigenvalue weighted by Crippen LogP contribution is -2.45. The predicted octanol–water partition coefficient (Wildman–Crippen LogP) is 3.24. The van der Waals surface area contributed by atoms with Crippen LogP contribution in [0.3, 0.4) is 0 Å². The lowest BCUT2D eigenvalue weighted by atomic mass is 10.1. The van der Waals surface area contributed by atoms with Crippen molar-refractivity contribution in [3.05, 3.63) is 33.9 Å². The van der Waals surface area contributed by atoms with Gasteiger partial charge in [0.15, 0.2) is 0 Å². The van der Waals surface area contributed by atoms with Crippen LogP contribution in [0.15, 0.2) is 18.2 Å². The molecule has 8 heteroatoms. The number of likely N-dealkylation sites (tertiary alicyclic amines) is 1. The van der Waals surface area contributed by atoms with E-state index in [0.29, 0.717) is 30.6 Å². The van der Waals surface area contributed by atoms with Crippen molar-refractivity contribution in [2.24, 2.45) is 0 Å². The number of nitrogens with zero attached hydrogens (tertiary/aromatic N) is 2. The third-order valence-corrected chi connectivity index (χ3v) is 3.87. The van der Waals surface area contributed by atoms with E-state index in [1.807, 2.05) is 0 Å². The van der Waals surface area contributed by atoms with E-state index in [0.717, 1.165) is 0 Å². The van der Waals surface area contributed by atoms with Gasteiger partial charge in [-0.2, -0.15) is 0 Å². The number of rotatable bonds is 3. The number of hydrogen-bond donors (Lipinski definition) is 1. The zero-order valence-corrected chi connectivity index (χ0v) is 14.9. The van der Waals surface area contributed by atoms with E-state index in [2.05, 4.69) is 5.32 Å². The van der Waals surface area contributed by atoms with Gasteiger partial charge in [0.2, 0.25) is 5.91 Å². The van der Waals surface area contributed by atoms with Crippen LogP contribution in [-0.2, 0) is 9.53 Å². The van der Waals surface area contributed by atoms with Gasteiger partial charge in [-0.3, -0.25) is 19.8 Å². The Labute approximate surface area is 146 Å². The molecule has 1 aliphatic rings. The zero-order chi connectivity index (χ0) is 18.8. The highest BCUT2D eigenvalue weighted by Gasteiger charge is 2.36. The SMILES string of the molecule is Cc1ccc([N+](=O)[O-])cc1NC(=O)[C@@H]1CCCN1C(=O)OC(C)(C)C. The Kier molecular flexibility index (Phi) is 5.30. The second kappa shape index (κ2) is 7.08. The highest BCUT2D eigenvalue weighted by Crippen LogP contribution is 2.25. The third-order valence-electron chi connectivity index (χ3n) is 3.87. The Balaban J connectivity index is 2.13. The van der Waals surface area contributed by atoms with E-state index >= 15 is 0 Å². The van der Waals surface area contributed by atoms with Gasteiger partial charge in [-0.05, 0) is 46.1 Å². The summed E-state index contributed by atoms with van der Waals surface area (Å²) in [6.07, 6.45) is 0.700. The number of nitrogens with one attached hydrogen (secondary N) is 1. The monoisotopic (exact) mass is 349 g/mol. The maximum atomic E-state index is 12.6. The lowest BCUT2D eigenvalue weighted by Gasteiger charge is -2.28. The smallest absolute Gasteiger partial charge is 0.410 e. The fourth-order valence-corrected chi connectivity index (χ4v) is 2.65. The molecule has 0 aliphatic carbocycles. The standard InChI is InChI=1S/C17H23N3O5/c1-11-7-8-12(20(23)24)10-13(11)18-15(21)14-6-5-9-19(14)16(22)25-17(2,3)4/h7-8,10,14H,5-6,9H2,1-4H3,(H,18,21)/t14-/m0/s1. The number of nitro benzene ring substituents is 1. The van der Waals surface area contributed by atoms with Gasteiger partial charge in [0, 0.05) is 18.7 Å². The van der Waals surface area contributed by atoms with Crippen LogP contribution in [0, 0.1) is 17.0 Å². The summed E-state index contributed by atoms with van der Waals surface area (Å²) in [7, 11) is 0. The fourth-order valence-electron chi connectivity index (χ4n) is 2.65. The quantitative estimate of drug-likeness (QED) is 0.667. The van der Waals surface area contributed by atoms with Crippen molar-refractivity contribution in [1.82, 2.24) is 4.90 Å². The molecule has 25 heavy (non-hydrogen) atoms. The van der Waals surface area contributed by atoms with Crippen molar-refractivity contribution >= 4 is 23.4 Å². The lowest BCUT2D eigenvalue weighted by molar-refractivity contribution is -0.384. The molecular weight excluding hydrogens is 326 g/mol. The van der Waals surface area contributed by atoms with Crippen LogP contribution in [0.4, 0.5) is 16.2 Å². The normalized spacial score (nSPS) is 17.3. The summed E-state index contributed by atoms with van der Waals surface area (Å²) in [6.45, 7) is 7.49. The fraction of sp³-hybridized carbons (Fsp3) is 0.529. The zero-order valence-electron chi connectivity index (χ0n) is 14.9. The second-order valence-corrected chi connectivity index (χ2v) is 7.08. The number of ether oxygens (including phenoxy) is 1. The summed E-state index contributed by atoms with van der Waals surface area (Å²) >= 11 is 0. The molecule has 8 nitrogen and oxygen atoms in total. The van der Waals surface area contributed by atoms with Crippen LogP contribution in [0.2, 0.25) is 0 Å². The minimum Gasteiger partial charge on any atom is -0.444 e. The van der Waals surface area contributed by atoms with Gasteiger partial charge in [-0.25, -0.2) is 4.79 Å². The molecule has 136 valence electrons. The number of nitro groups is 1. The maximum absolute atomic E-state index is 12.6. The van der Waals surface area contributed by atoms with E-state index < -0.39 is 22.7 Å². The van der Waals surface area contributed by atoms with Crippen molar-refractivity contribution in [3.8, 4) is 0 Å². The van der Waals surface area contributed by atoms with Crippen LogP contribution in [0.5, 0.6) is 0 Å². The molecule has 1 aliphatic heterocycles. The number of carbonyl (C=O) groups excluding carboxylic acids is 2. The minimum absolute atomic E-state index is 0.101. The predicted molar refractivity (Wildman–Crippen MR) is 92.4 cm³/mol. The van der Waals surface area contributed by atoms with Gasteiger partial charge in [0.25, 0.3) is 5.69 Å². The van der Waals surface area contributed by atoms with Gasteiger partial charge >= 0.3 is 6.09 Å².